The summed E-state index contributed by atoms with van der Waals surface area (Å²) in [5.41, 5.74) is 11.7. The molecule has 4 rings (SSSR count). The molecule has 0 saturated heterocycles. The van der Waals surface area contributed by atoms with Crippen LogP contribution in [0.4, 0.5) is 11.4 Å². The van der Waals surface area contributed by atoms with Crippen LogP contribution in [0.1, 0.15) is 53.8 Å². The van der Waals surface area contributed by atoms with Crippen LogP contribution in [-0.4, -0.2) is 22.6 Å². The van der Waals surface area contributed by atoms with Gasteiger partial charge in [0.05, 0.1) is 7.11 Å². The lowest BCUT2D eigenvalue weighted by Crippen LogP contribution is -2.27. The van der Waals surface area contributed by atoms with Crippen molar-refractivity contribution in [3.05, 3.63) is 71.0 Å². The van der Waals surface area contributed by atoms with Crippen molar-refractivity contribution in [2.24, 2.45) is 11.1 Å². The average Bonchev–Trinajstić information content (AvgIpc) is 3.03. The number of nitrogens with two attached hydrogens (primary N) is 1. The third-order valence-corrected chi connectivity index (χ3v) is 5.86. The van der Waals surface area contributed by atoms with Gasteiger partial charge in [0, 0.05) is 46.0 Å². The van der Waals surface area contributed by atoms with Crippen LogP contribution in [-0.2, 0) is 6.42 Å². The zero-order chi connectivity index (χ0) is 22.3. The molecule has 1 aliphatic carbocycles. The first-order valence-electron chi connectivity index (χ1n) is 10.4. The molecule has 162 valence electrons. The molecular formula is C25H29N3O3. The number of ketones is 1. The normalized spacial score (nSPS) is 16.0. The van der Waals surface area contributed by atoms with Gasteiger partial charge in [-0.05, 0) is 61.2 Å². The van der Waals surface area contributed by atoms with Crippen molar-refractivity contribution in [3.8, 4) is 11.4 Å². The zero-order valence-corrected chi connectivity index (χ0v) is 18.4. The second-order valence-corrected chi connectivity index (χ2v) is 8.99. The first kappa shape index (κ1) is 21.2. The summed E-state index contributed by atoms with van der Waals surface area (Å²) in [6.07, 6.45) is 0.270. The molecule has 0 fully saturated rings. The van der Waals surface area contributed by atoms with Crippen molar-refractivity contribution < 1.29 is 14.6 Å². The Hall–Kier alpha value is -3.09. The smallest absolute Gasteiger partial charge is 0.165 e. The fourth-order valence-corrected chi connectivity index (χ4v) is 4.39. The minimum Gasteiger partial charge on any atom is -0.497 e. The van der Waals surface area contributed by atoms with E-state index in [1.54, 1.807) is 7.11 Å². The van der Waals surface area contributed by atoms with E-state index in [0.717, 1.165) is 40.5 Å². The molecule has 2 aromatic carbocycles. The molecule has 0 spiro atoms. The summed E-state index contributed by atoms with van der Waals surface area (Å²) >= 11 is 0. The highest BCUT2D eigenvalue weighted by Gasteiger charge is 2.34. The van der Waals surface area contributed by atoms with E-state index >= 15 is 0 Å². The number of methoxy groups -OCH3 is 1. The summed E-state index contributed by atoms with van der Waals surface area (Å²) in [6, 6.07) is 15.3. The fourth-order valence-electron chi connectivity index (χ4n) is 4.39. The second kappa shape index (κ2) is 7.87. The van der Waals surface area contributed by atoms with Crippen LogP contribution in [0.15, 0.2) is 48.5 Å². The number of fused-ring (bicyclic) bond motifs is 1. The molecule has 0 radical (unpaired) electrons. The number of carbonyl (C=O) groups is 1. The Labute approximate surface area is 182 Å². The minimum atomic E-state index is -1.12. The molecule has 0 aliphatic heterocycles. The van der Waals surface area contributed by atoms with Gasteiger partial charge in [-0.2, -0.15) is 0 Å². The van der Waals surface area contributed by atoms with E-state index in [-0.39, 0.29) is 11.2 Å². The molecule has 1 aromatic heterocycles. The topological polar surface area (TPSA) is 89.5 Å². The SMILES string of the molecule is COc1ccc(Nc2cc(-n3c(C)cc4c3CC(C)(C)CC4=O)ccc2C(N)O)cc1. The molecule has 0 bridgehead atoms. The first-order valence-corrected chi connectivity index (χ1v) is 10.4. The van der Waals surface area contributed by atoms with Gasteiger partial charge < -0.3 is 25.5 Å². The zero-order valence-electron chi connectivity index (χ0n) is 18.4. The number of Topliss-reactive ketones (excluding diaryl/α,β-unsaturated/α-hetero) is 1. The molecule has 0 amide bonds. The van der Waals surface area contributed by atoms with E-state index in [9.17, 15) is 9.90 Å². The van der Waals surface area contributed by atoms with Gasteiger partial charge in [-0.3, -0.25) is 4.79 Å². The van der Waals surface area contributed by atoms with Gasteiger partial charge in [0.15, 0.2) is 5.78 Å². The molecule has 31 heavy (non-hydrogen) atoms. The van der Waals surface area contributed by atoms with E-state index in [0.29, 0.717) is 17.7 Å². The molecule has 3 aromatic rings. The van der Waals surface area contributed by atoms with Gasteiger partial charge >= 0.3 is 0 Å². The Bertz CT molecular complexity index is 1130. The number of hydrogen-bond acceptors (Lipinski definition) is 5. The highest BCUT2D eigenvalue weighted by Crippen LogP contribution is 2.38. The van der Waals surface area contributed by atoms with Gasteiger partial charge in [0.25, 0.3) is 0 Å². The summed E-state index contributed by atoms with van der Waals surface area (Å²) in [5.74, 6) is 0.957. The maximum atomic E-state index is 12.7. The van der Waals surface area contributed by atoms with E-state index in [4.69, 9.17) is 10.5 Å². The Morgan fingerprint density at radius 2 is 1.84 bits per heavy atom. The Kier molecular flexibility index (Phi) is 5.37. The molecule has 1 unspecified atom stereocenters. The number of aliphatic hydroxyl groups is 1. The summed E-state index contributed by atoms with van der Waals surface area (Å²) in [7, 11) is 1.63. The summed E-state index contributed by atoms with van der Waals surface area (Å²) in [6.45, 7) is 6.27. The van der Waals surface area contributed by atoms with Crippen LogP contribution in [0.25, 0.3) is 5.69 Å². The number of nitrogens with zero attached hydrogens (tertiary/aromatic N) is 1. The number of aliphatic hydroxyl groups excluding tert-OH is 1. The van der Waals surface area contributed by atoms with Gasteiger partial charge in [-0.25, -0.2) is 0 Å². The molecule has 6 heteroatoms. The number of anilines is 2. The van der Waals surface area contributed by atoms with Crippen LogP contribution < -0.4 is 15.8 Å². The van der Waals surface area contributed by atoms with Crippen LogP contribution in [0.3, 0.4) is 0 Å². The highest BCUT2D eigenvalue weighted by molar-refractivity contribution is 5.99. The maximum Gasteiger partial charge on any atom is 0.165 e. The average molecular weight is 420 g/mol. The van der Waals surface area contributed by atoms with E-state index in [1.807, 2.05) is 55.5 Å². The molecule has 1 aliphatic rings. The lowest BCUT2D eigenvalue weighted by Gasteiger charge is -2.30. The van der Waals surface area contributed by atoms with Crippen molar-refractivity contribution in [2.45, 2.75) is 39.8 Å². The predicted octanol–water partition coefficient (Wildman–Crippen LogP) is 4.64. The number of ether oxygens (including phenoxy) is 1. The first-order chi connectivity index (χ1) is 14.7. The van der Waals surface area contributed by atoms with Gasteiger partial charge in [0.2, 0.25) is 0 Å². The van der Waals surface area contributed by atoms with E-state index < -0.39 is 6.23 Å². The van der Waals surface area contributed by atoms with Gasteiger partial charge in [-0.15, -0.1) is 0 Å². The summed E-state index contributed by atoms with van der Waals surface area (Å²) in [5, 5.41) is 13.5. The maximum absolute atomic E-state index is 12.7. The largest absolute Gasteiger partial charge is 0.497 e. The van der Waals surface area contributed by atoms with Crippen LogP contribution in [0, 0.1) is 12.3 Å². The Morgan fingerprint density at radius 1 is 1.13 bits per heavy atom. The third kappa shape index (κ3) is 4.09. The third-order valence-electron chi connectivity index (χ3n) is 5.86. The number of benzene rings is 2. The van der Waals surface area contributed by atoms with Crippen molar-refractivity contribution in [1.82, 2.24) is 4.57 Å². The van der Waals surface area contributed by atoms with Crippen molar-refractivity contribution >= 4 is 17.2 Å². The molecule has 1 heterocycles. The summed E-state index contributed by atoms with van der Waals surface area (Å²) < 4.78 is 7.36. The lowest BCUT2D eigenvalue weighted by molar-refractivity contribution is 0.0911. The van der Waals surface area contributed by atoms with Gasteiger partial charge in [-0.1, -0.05) is 19.9 Å². The molecule has 1 atom stereocenters. The monoisotopic (exact) mass is 419 g/mol. The van der Waals surface area contributed by atoms with E-state index in [2.05, 4.69) is 23.7 Å². The number of hydrogen-bond donors (Lipinski definition) is 3. The highest BCUT2D eigenvalue weighted by atomic mass is 16.5. The second-order valence-electron chi connectivity index (χ2n) is 8.99. The predicted molar refractivity (Wildman–Crippen MR) is 122 cm³/mol. The standard InChI is InChI=1S/C25H29N3O3/c1-15-11-20-22(13-25(2,3)14-23(20)29)28(15)17-7-10-19(24(26)30)21(12-17)27-16-5-8-18(31-4)9-6-16/h5-12,24,27,30H,13-14,26H2,1-4H3. The number of aromatic nitrogens is 1. The number of carbonyl (C=O) groups excluding carboxylic acids is 1. The fraction of sp³-hybridized carbons (Fsp3) is 0.320. The Morgan fingerprint density at radius 3 is 2.48 bits per heavy atom. The van der Waals surface area contributed by atoms with Crippen LogP contribution in [0.2, 0.25) is 0 Å². The number of aryl methyl sites for hydroxylation is 1. The lowest BCUT2D eigenvalue weighted by atomic mass is 9.76. The van der Waals surface area contributed by atoms with Crippen molar-refractivity contribution in [1.29, 1.82) is 0 Å². The Balaban J connectivity index is 1.79. The van der Waals surface area contributed by atoms with Crippen LogP contribution >= 0.6 is 0 Å². The quantitative estimate of drug-likeness (QED) is 0.524. The molecule has 6 nitrogen and oxygen atoms in total. The number of rotatable bonds is 5. The van der Waals surface area contributed by atoms with Gasteiger partial charge in [0.1, 0.15) is 12.0 Å². The van der Waals surface area contributed by atoms with Crippen molar-refractivity contribution in [3.63, 3.8) is 0 Å². The summed E-state index contributed by atoms with van der Waals surface area (Å²) in [4.78, 5) is 12.7. The minimum absolute atomic E-state index is 0.0792. The molecule has 0 saturated carbocycles. The molecular weight excluding hydrogens is 390 g/mol. The van der Waals surface area contributed by atoms with Crippen LogP contribution in [0.5, 0.6) is 5.75 Å². The van der Waals surface area contributed by atoms with Crippen molar-refractivity contribution in [2.75, 3.05) is 12.4 Å². The number of nitrogens with one attached hydrogen (secondary N) is 1. The molecule has 4 N–H and O–H groups in total. The van der Waals surface area contributed by atoms with E-state index in [1.165, 1.54) is 0 Å².